The molecule has 1 heterocycles. The van der Waals surface area contributed by atoms with Gasteiger partial charge in [-0.05, 0) is 24.9 Å². The molecule has 1 saturated heterocycles. The number of rotatable bonds is 6. The SMILES string of the molecule is NCCN1CCC[C@@H]1CNC(=O)OCc1ccccc1. The number of carbonyl (C=O) groups excluding carboxylic acids is 1. The Morgan fingerprint density at radius 1 is 1.40 bits per heavy atom. The minimum Gasteiger partial charge on any atom is -0.445 e. The summed E-state index contributed by atoms with van der Waals surface area (Å²) in [5.41, 5.74) is 6.58. The average molecular weight is 277 g/mol. The number of nitrogens with two attached hydrogens (primary N) is 1. The van der Waals surface area contributed by atoms with E-state index in [0.717, 1.165) is 25.1 Å². The number of likely N-dealkylation sites (tertiary alicyclic amines) is 1. The number of alkyl carbamates (subject to hydrolysis) is 1. The van der Waals surface area contributed by atoms with Crippen molar-refractivity contribution in [3.05, 3.63) is 35.9 Å². The highest BCUT2D eigenvalue weighted by molar-refractivity contribution is 5.67. The quantitative estimate of drug-likeness (QED) is 0.823. The van der Waals surface area contributed by atoms with Crippen LogP contribution in [0.3, 0.4) is 0 Å². The predicted octanol–water partition coefficient (Wildman–Crippen LogP) is 1.34. The maximum absolute atomic E-state index is 11.7. The summed E-state index contributed by atoms with van der Waals surface area (Å²) in [4.78, 5) is 14.0. The van der Waals surface area contributed by atoms with Crippen LogP contribution in [0.1, 0.15) is 18.4 Å². The number of ether oxygens (including phenoxy) is 1. The summed E-state index contributed by atoms with van der Waals surface area (Å²) in [6.07, 6.45) is 1.93. The van der Waals surface area contributed by atoms with Crippen LogP contribution >= 0.6 is 0 Å². The van der Waals surface area contributed by atoms with E-state index in [2.05, 4.69) is 10.2 Å². The summed E-state index contributed by atoms with van der Waals surface area (Å²) < 4.78 is 5.19. The molecule has 0 radical (unpaired) electrons. The lowest BCUT2D eigenvalue weighted by atomic mass is 10.2. The second-order valence-corrected chi connectivity index (χ2v) is 5.06. The fourth-order valence-electron chi connectivity index (χ4n) is 2.56. The molecule has 1 aliphatic rings. The third-order valence-electron chi connectivity index (χ3n) is 3.61. The topological polar surface area (TPSA) is 67.6 Å². The van der Waals surface area contributed by atoms with Crippen LogP contribution in [-0.2, 0) is 11.3 Å². The standard InChI is InChI=1S/C15H23N3O2/c16-8-10-18-9-4-7-14(18)11-17-15(19)20-12-13-5-2-1-3-6-13/h1-3,5-6,14H,4,7-12,16H2,(H,17,19)/t14-/m1/s1. The van der Waals surface area contributed by atoms with Crippen LogP contribution < -0.4 is 11.1 Å². The Morgan fingerprint density at radius 2 is 2.20 bits per heavy atom. The molecule has 3 N–H and O–H groups in total. The number of benzene rings is 1. The first-order chi connectivity index (χ1) is 9.79. The van der Waals surface area contributed by atoms with Crippen molar-refractivity contribution in [1.29, 1.82) is 0 Å². The van der Waals surface area contributed by atoms with Gasteiger partial charge in [0, 0.05) is 25.7 Å². The summed E-state index contributed by atoms with van der Waals surface area (Å²) in [7, 11) is 0. The van der Waals surface area contributed by atoms with Gasteiger partial charge in [-0.15, -0.1) is 0 Å². The average Bonchev–Trinajstić information content (AvgIpc) is 2.92. The van der Waals surface area contributed by atoms with E-state index in [9.17, 15) is 4.79 Å². The Labute approximate surface area is 120 Å². The van der Waals surface area contributed by atoms with Gasteiger partial charge in [-0.2, -0.15) is 0 Å². The lowest BCUT2D eigenvalue weighted by Gasteiger charge is -2.23. The van der Waals surface area contributed by atoms with Crippen LogP contribution in [0.15, 0.2) is 30.3 Å². The highest BCUT2D eigenvalue weighted by Gasteiger charge is 2.23. The van der Waals surface area contributed by atoms with Gasteiger partial charge in [-0.3, -0.25) is 4.90 Å². The molecule has 5 heteroatoms. The fourth-order valence-corrected chi connectivity index (χ4v) is 2.56. The predicted molar refractivity (Wildman–Crippen MR) is 78.3 cm³/mol. The molecule has 1 aromatic carbocycles. The van der Waals surface area contributed by atoms with Crippen LogP contribution in [0, 0.1) is 0 Å². The Morgan fingerprint density at radius 3 is 2.95 bits per heavy atom. The van der Waals surface area contributed by atoms with Crippen molar-refractivity contribution in [1.82, 2.24) is 10.2 Å². The van der Waals surface area contributed by atoms with Crippen LogP contribution in [0.5, 0.6) is 0 Å². The highest BCUT2D eigenvalue weighted by Crippen LogP contribution is 2.15. The van der Waals surface area contributed by atoms with Gasteiger partial charge in [0.2, 0.25) is 0 Å². The number of hydrogen-bond donors (Lipinski definition) is 2. The molecule has 0 unspecified atom stereocenters. The first-order valence-corrected chi connectivity index (χ1v) is 7.18. The Hall–Kier alpha value is -1.59. The number of amides is 1. The maximum Gasteiger partial charge on any atom is 0.407 e. The molecule has 20 heavy (non-hydrogen) atoms. The van der Waals surface area contributed by atoms with E-state index < -0.39 is 0 Å². The number of hydrogen-bond acceptors (Lipinski definition) is 4. The van der Waals surface area contributed by atoms with E-state index in [1.54, 1.807) is 0 Å². The molecule has 0 aliphatic carbocycles. The second-order valence-electron chi connectivity index (χ2n) is 5.06. The lowest BCUT2D eigenvalue weighted by molar-refractivity contribution is 0.135. The number of nitrogens with zero attached hydrogens (tertiary/aromatic N) is 1. The van der Waals surface area contributed by atoms with Crippen LogP contribution in [-0.4, -0.2) is 43.2 Å². The van der Waals surface area contributed by atoms with Crippen molar-refractivity contribution < 1.29 is 9.53 Å². The van der Waals surface area contributed by atoms with Gasteiger partial charge in [0.15, 0.2) is 0 Å². The van der Waals surface area contributed by atoms with E-state index in [0.29, 0.717) is 25.7 Å². The number of carbonyl (C=O) groups is 1. The van der Waals surface area contributed by atoms with Crippen molar-refractivity contribution >= 4 is 6.09 Å². The molecule has 2 rings (SSSR count). The minimum absolute atomic E-state index is 0.309. The Kier molecular flexibility index (Phi) is 5.83. The summed E-state index contributed by atoms with van der Waals surface area (Å²) in [5.74, 6) is 0. The molecule has 0 saturated carbocycles. The fraction of sp³-hybridized carbons (Fsp3) is 0.533. The van der Waals surface area contributed by atoms with E-state index in [1.165, 1.54) is 6.42 Å². The Balaban J connectivity index is 1.67. The largest absolute Gasteiger partial charge is 0.445 e. The zero-order chi connectivity index (χ0) is 14.2. The molecule has 1 amide bonds. The van der Waals surface area contributed by atoms with Crippen molar-refractivity contribution in [2.24, 2.45) is 5.73 Å². The van der Waals surface area contributed by atoms with Gasteiger partial charge >= 0.3 is 6.09 Å². The lowest BCUT2D eigenvalue weighted by Crippen LogP contribution is -2.42. The van der Waals surface area contributed by atoms with Gasteiger partial charge in [0.1, 0.15) is 6.61 Å². The van der Waals surface area contributed by atoms with Crippen molar-refractivity contribution in [2.75, 3.05) is 26.2 Å². The molecule has 1 aromatic rings. The summed E-state index contributed by atoms with van der Waals surface area (Å²) in [6, 6.07) is 10.1. The van der Waals surface area contributed by atoms with Crippen LogP contribution in [0.2, 0.25) is 0 Å². The number of nitrogens with one attached hydrogen (secondary N) is 1. The van der Waals surface area contributed by atoms with Gasteiger partial charge in [-0.25, -0.2) is 4.79 Å². The van der Waals surface area contributed by atoms with Gasteiger partial charge in [0.05, 0.1) is 0 Å². The molecule has 110 valence electrons. The smallest absolute Gasteiger partial charge is 0.407 e. The van der Waals surface area contributed by atoms with Crippen molar-refractivity contribution in [2.45, 2.75) is 25.5 Å². The third-order valence-corrected chi connectivity index (χ3v) is 3.61. The zero-order valence-electron chi connectivity index (χ0n) is 11.8. The summed E-state index contributed by atoms with van der Waals surface area (Å²) >= 11 is 0. The molecular formula is C15H23N3O2. The van der Waals surface area contributed by atoms with E-state index in [1.807, 2.05) is 30.3 Å². The highest BCUT2D eigenvalue weighted by atomic mass is 16.5. The molecule has 0 spiro atoms. The van der Waals surface area contributed by atoms with E-state index in [4.69, 9.17) is 10.5 Å². The van der Waals surface area contributed by atoms with Gasteiger partial charge < -0.3 is 15.8 Å². The van der Waals surface area contributed by atoms with Crippen molar-refractivity contribution in [3.63, 3.8) is 0 Å². The normalized spacial score (nSPS) is 18.9. The molecule has 0 aromatic heterocycles. The first-order valence-electron chi connectivity index (χ1n) is 7.18. The molecule has 5 nitrogen and oxygen atoms in total. The maximum atomic E-state index is 11.7. The minimum atomic E-state index is -0.353. The molecule has 1 fully saturated rings. The zero-order valence-corrected chi connectivity index (χ0v) is 11.8. The first kappa shape index (κ1) is 14.8. The third kappa shape index (κ3) is 4.51. The van der Waals surface area contributed by atoms with E-state index in [-0.39, 0.29) is 6.09 Å². The Bertz CT molecular complexity index is 411. The van der Waals surface area contributed by atoms with E-state index >= 15 is 0 Å². The molecular weight excluding hydrogens is 254 g/mol. The van der Waals surface area contributed by atoms with Gasteiger partial charge in [0.25, 0.3) is 0 Å². The molecule has 0 bridgehead atoms. The molecule has 1 atom stereocenters. The van der Waals surface area contributed by atoms with Crippen molar-refractivity contribution in [3.8, 4) is 0 Å². The second kappa shape index (κ2) is 7.87. The van der Waals surface area contributed by atoms with Crippen LogP contribution in [0.4, 0.5) is 4.79 Å². The summed E-state index contributed by atoms with van der Waals surface area (Å²) in [6.45, 7) is 3.57. The van der Waals surface area contributed by atoms with Gasteiger partial charge in [-0.1, -0.05) is 30.3 Å². The van der Waals surface area contributed by atoms with Crippen LogP contribution in [0.25, 0.3) is 0 Å². The molecule has 1 aliphatic heterocycles. The monoisotopic (exact) mass is 277 g/mol. The summed E-state index contributed by atoms with van der Waals surface area (Å²) in [5, 5.41) is 2.84.